The molecule has 1 aromatic carbocycles. The van der Waals surface area contributed by atoms with Gasteiger partial charge in [-0.25, -0.2) is 4.68 Å². The van der Waals surface area contributed by atoms with Crippen LogP contribution in [0.2, 0.25) is 5.02 Å². The van der Waals surface area contributed by atoms with Crippen molar-refractivity contribution in [2.75, 3.05) is 11.9 Å². The van der Waals surface area contributed by atoms with E-state index in [0.717, 1.165) is 5.56 Å². The van der Waals surface area contributed by atoms with Gasteiger partial charge in [0.05, 0.1) is 0 Å². The van der Waals surface area contributed by atoms with E-state index in [4.69, 9.17) is 22.1 Å². The molecule has 21 heavy (non-hydrogen) atoms. The third-order valence-electron chi connectivity index (χ3n) is 2.66. The molecule has 0 bridgehead atoms. The predicted molar refractivity (Wildman–Crippen MR) is 77.0 cm³/mol. The second kappa shape index (κ2) is 6.89. The zero-order valence-electron chi connectivity index (χ0n) is 11.4. The summed E-state index contributed by atoms with van der Waals surface area (Å²) >= 11 is 5.98. The Morgan fingerprint density at radius 3 is 3.05 bits per heavy atom. The molecule has 0 aliphatic rings. The van der Waals surface area contributed by atoms with E-state index in [1.807, 2.05) is 6.92 Å². The first-order valence-electron chi connectivity index (χ1n) is 6.29. The Morgan fingerprint density at radius 2 is 2.33 bits per heavy atom. The Labute approximate surface area is 126 Å². The number of nitrogens with one attached hydrogen (secondary N) is 1. The van der Waals surface area contributed by atoms with Gasteiger partial charge in [-0.3, -0.25) is 4.79 Å². The molecule has 0 spiro atoms. The van der Waals surface area contributed by atoms with Crippen LogP contribution in [0.25, 0.3) is 0 Å². The van der Waals surface area contributed by atoms with Crippen molar-refractivity contribution in [2.24, 2.45) is 5.73 Å². The van der Waals surface area contributed by atoms with Gasteiger partial charge in [-0.15, -0.1) is 0 Å². The monoisotopic (exact) mass is 310 g/mol. The van der Waals surface area contributed by atoms with E-state index in [0.29, 0.717) is 29.8 Å². The van der Waals surface area contributed by atoms with Crippen LogP contribution in [0.3, 0.4) is 0 Å². The molecule has 0 atom stereocenters. The fourth-order valence-corrected chi connectivity index (χ4v) is 1.89. The number of tetrazole rings is 1. The van der Waals surface area contributed by atoms with Crippen molar-refractivity contribution >= 4 is 23.5 Å². The van der Waals surface area contributed by atoms with Crippen LogP contribution < -0.4 is 15.8 Å². The number of amides is 1. The van der Waals surface area contributed by atoms with Gasteiger partial charge in [0.1, 0.15) is 5.75 Å². The van der Waals surface area contributed by atoms with Gasteiger partial charge in [0.25, 0.3) is 5.91 Å². The van der Waals surface area contributed by atoms with Crippen LogP contribution in [-0.4, -0.2) is 32.7 Å². The van der Waals surface area contributed by atoms with Gasteiger partial charge in [0.2, 0.25) is 5.95 Å². The molecular formula is C12H15ClN6O2. The summed E-state index contributed by atoms with van der Waals surface area (Å²) in [6, 6.07) is 5.10. The Bertz CT molecular complexity index is 630. The fraction of sp³-hybridized carbons (Fsp3) is 0.333. The van der Waals surface area contributed by atoms with Crippen LogP contribution in [0.15, 0.2) is 18.2 Å². The molecule has 112 valence electrons. The number of benzene rings is 1. The fourth-order valence-electron chi connectivity index (χ4n) is 1.69. The zero-order valence-corrected chi connectivity index (χ0v) is 12.2. The first kappa shape index (κ1) is 15.0. The maximum absolute atomic E-state index is 10.8. The quantitative estimate of drug-likeness (QED) is 0.784. The van der Waals surface area contributed by atoms with Crippen molar-refractivity contribution < 1.29 is 9.53 Å². The van der Waals surface area contributed by atoms with Gasteiger partial charge in [-0.05, 0) is 35.5 Å². The number of aromatic nitrogens is 4. The highest BCUT2D eigenvalue weighted by Gasteiger charge is 2.09. The number of hydrogen-bond acceptors (Lipinski definition) is 6. The Balaban J connectivity index is 2.10. The highest BCUT2D eigenvalue weighted by atomic mass is 35.5. The third kappa shape index (κ3) is 4.06. The number of ether oxygens (including phenoxy) is 1. The van der Waals surface area contributed by atoms with E-state index < -0.39 is 5.91 Å². The van der Waals surface area contributed by atoms with Crippen LogP contribution in [0, 0.1) is 0 Å². The average Bonchev–Trinajstić information content (AvgIpc) is 2.91. The first-order chi connectivity index (χ1) is 10.1. The molecule has 2 aromatic rings. The van der Waals surface area contributed by atoms with Gasteiger partial charge < -0.3 is 15.8 Å². The summed E-state index contributed by atoms with van der Waals surface area (Å²) in [6.07, 6.45) is 0. The van der Waals surface area contributed by atoms with Gasteiger partial charge in [-0.2, -0.15) is 0 Å². The molecule has 9 heteroatoms. The summed E-state index contributed by atoms with van der Waals surface area (Å²) in [5.41, 5.74) is 5.85. The molecular weight excluding hydrogens is 296 g/mol. The van der Waals surface area contributed by atoms with E-state index in [9.17, 15) is 4.79 Å². The number of rotatable bonds is 7. The minimum atomic E-state index is -0.543. The molecule has 0 saturated carbocycles. The van der Waals surface area contributed by atoms with Crippen LogP contribution >= 0.6 is 11.6 Å². The smallest absolute Gasteiger partial charge is 0.255 e. The van der Waals surface area contributed by atoms with E-state index in [2.05, 4.69) is 20.8 Å². The van der Waals surface area contributed by atoms with Crippen molar-refractivity contribution in [2.45, 2.75) is 20.0 Å². The number of hydrogen-bond donors (Lipinski definition) is 2. The number of carbonyl (C=O) groups is 1. The Morgan fingerprint density at radius 1 is 1.52 bits per heavy atom. The maximum atomic E-state index is 10.8. The summed E-state index contributed by atoms with van der Waals surface area (Å²) in [5, 5.41) is 14.9. The minimum absolute atomic E-state index is 0.193. The number of primary amides is 1. The number of anilines is 1. The van der Waals surface area contributed by atoms with Gasteiger partial charge in [-0.1, -0.05) is 16.7 Å². The molecule has 0 aliphatic carbocycles. The highest BCUT2D eigenvalue weighted by Crippen LogP contribution is 2.23. The van der Waals surface area contributed by atoms with Gasteiger partial charge >= 0.3 is 0 Å². The number of halogens is 1. The highest BCUT2D eigenvalue weighted by molar-refractivity contribution is 6.30. The molecule has 0 unspecified atom stereocenters. The molecule has 2 rings (SSSR count). The van der Waals surface area contributed by atoms with Crippen molar-refractivity contribution in [3.63, 3.8) is 0 Å². The van der Waals surface area contributed by atoms with Crippen molar-refractivity contribution in [1.82, 2.24) is 20.2 Å². The lowest BCUT2D eigenvalue weighted by Gasteiger charge is -2.12. The topological polar surface area (TPSA) is 108 Å². The Hall–Kier alpha value is -2.35. The van der Waals surface area contributed by atoms with E-state index in [-0.39, 0.29) is 6.61 Å². The lowest BCUT2D eigenvalue weighted by atomic mass is 10.2. The summed E-state index contributed by atoms with van der Waals surface area (Å²) in [6.45, 7) is 2.79. The molecule has 1 amide bonds. The average molecular weight is 311 g/mol. The normalized spacial score (nSPS) is 10.4. The molecule has 0 aliphatic heterocycles. The maximum Gasteiger partial charge on any atom is 0.255 e. The van der Waals surface area contributed by atoms with Crippen molar-refractivity contribution in [3.05, 3.63) is 28.8 Å². The molecule has 3 N–H and O–H groups in total. The minimum Gasteiger partial charge on any atom is -0.483 e. The van der Waals surface area contributed by atoms with Crippen molar-refractivity contribution in [3.8, 4) is 5.75 Å². The van der Waals surface area contributed by atoms with E-state index in [1.54, 1.807) is 22.9 Å². The van der Waals surface area contributed by atoms with Crippen LogP contribution in [-0.2, 0) is 17.9 Å². The van der Waals surface area contributed by atoms with E-state index >= 15 is 0 Å². The molecule has 0 radical (unpaired) electrons. The van der Waals surface area contributed by atoms with Crippen LogP contribution in [0.5, 0.6) is 5.75 Å². The van der Waals surface area contributed by atoms with Crippen LogP contribution in [0.4, 0.5) is 5.95 Å². The molecule has 8 nitrogen and oxygen atoms in total. The summed E-state index contributed by atoms with van der Waals surface area (Å²) in [4.78, 5) is 10.8. The second-order valence-corrected chi connectivity index (χ2v) is 4.62. The molecule has 1 heterocycles. The number of nitrogens with two attached hydrogens (primary N) is 1. The first-order valence-corrected chi connectivity index (χ1v) is 6.67. The molecule has 1 aromatic heterocycles. The lowest BCUT2D eigenvalue weighted by Crippen LogP contribution is -2.20. The van der Waals surface area contributed by atoms with Crippen LogP contribution in [0.1, 0.15) is 12.5 Å². The number of carbonyl (C=O) groups excluding carboxylic acids is 1. The number of aryl methyl sites for hydroxylation is 1. The lowest BCUT2D eigenvalue weighted by molar-refractivity contribution is -0.119. The Kier molecular flexibility index (Phi) is 4.94. The van der Waals surface area contributed by atoms with Gasteiger partial charge in [0, 0.05) is 23.7 Å². The zero-order chi connectivity index (χ0) is 15.2. The number of nitrogens with zero attached hydrogens (tertiary/aromatic N) is 4. The largest absolute Gasteiger partial charge is 0.483 e. The summed E-state index contributed by atoms with van der Waals surface area (Å²) in [5.74, 6) is 0.526. The summed E-state index contributed by atoms with van der Waals surface area (Å²) < 4.78 is 6.97. The molecule has 0 fully saturated rings. The SMILES string of the molecule is CCn1nnnc1NCc1cc(Cl)ccc1OCC(N)=O. The standard InChI is InChI=1S/C12H15ClN6O2/c1-2-19-12(16-17-18-19)15-6-8-5-9(13)3-4-10(8)21-7-11(14)20/h3-5H,2,6-7H2,1H3,(H2,14,20)(H,15,16,18). The predicted octanol–water partition coefficient (Wildman–Crippen LogP) is 0.823. The molecule has 0 saturated heterocycles. The third-order valence-corrected chi connectivity index (χ3v) is 2.90. The summed E-state index contributed by atoms with van der Waals surface area (Å²) in [7, 11) is 0. The second-order valence-electron chi connectivity index (χ2n) is 4.18. The van der Waals surface area contributed by atoms with Gasteiger partial charge in [0.15, 0.2) is 6.61 Å². The van der Waals surface area contributed by atoms with Crippen molar-refractivity contribution in [1.29, 1.82) is 0 Å². The van der Waals surface area contributed by atoms with E-state index in [1.165, 1.54) is 0 Å².